The molecule has 0 unspecified atom stereocenters. The quantitative estimate of drug-likeness (QED) is 0.698. The summed E-state index contributed by atoms with van der Waals surface area (Å²) in [5, 5.41) is 2.79. The van der Waals surface area contributed by atoms with Gasteiger partial charge < -0.3 is 14.8 Å². The molecule has 1 aromatic carbocycles. The molecule has 33 heavy (non-hydrogen) atoms. The van der Waals surface area contributed by atoms with Crippen LogP contribution in [0.2, 0.25) is 0 Å². The number of nitrogens with one attached hydrogen (secondary N) is 1. The third kappa shape index (κ3) is 4.43. The minimum absolute atomic E-state index is 0.285. The van der Waals surface area contributed by atoms with Crippen molar-refractivity contribution in [1.29, 1.82) is 0 Å². The largest absolute Gasteiger partial charge is 0.482 e. The fourth-order valence-corrected chi connectivity index (χ4v) is 4.64. The van der Waals surface area contributed by atoms with Crippen LogP contribution in [0.4, 0.5) is 10.1 Å². The summed E-state index contributed by atoms with van der Waals surface area (Å²) in [6.45, 7) is 8.62. The van der Waals surface area contributed by atoms with Gasteiger partial charge in [-0.05, 0) is 63.6 Å². The van der Waals surface area contributed by atoms with Gasteiger partial charge in [-0.25, -0.2) is 4.39 Å². The molecule has 3 aliphatic rings. The van der Waals surface area contributed by atoms with Gasteiger partial charge in [0.25, 0.3) is 5.91 Å². The van der Waals surface area contributed by atoms with Crippen LogP contribution in [-0.4, -0.2) is 54.2 Å². The van der Waals surface area contributed by atoms with Gasteiger partial charge in [-0.15, -0.1) is 0 Å². The molecule has 0 saturated carbocycles. The van der Waals surface area contributed by atoms with E-state index in [-0.39, 0.29) is 5.91 Å². The maximum absolute atomic E-state index is 13.8. The summed E-state index contributed by atoms with van der Waals surface area (Å²) in [6.07, 6.45) is 5.74. The second-order valence-electron chi connectivity index (χ2n) is 9.15. The average molecular weight is 450 g/mol. The predicted molar refractivity (Wildman–Crippen MR) is 125 cm³/mol. The molecule has 2 aromatic rings. The first-order chi connectivity index (χ1) is 15.9. The number of amides is 1. The molecule has 7 heteroatoms. The van der Waals surface area contributed by atoms with Crippen molar-refractivity contribution in [3.8, 4) is 0 Å². The number of hydrogen-bond donors (Lipinski definition) is 1. The van der Waals surface area contributed by atoms with Crippen molar-refractivity contribution in [3.63, 3.8) is 0 Å². The Labute approximate surface area is 193 Å². The highest BCUT2D eigenvalue weighted by Crippen LogP contribution is 2.44. The van der Waals surface area contributed by atoms with Crippen molar-refractivity contribution in [2.75, 3.05) is 38.2 Å². The number of benzene rings is 1. The van der Waals surface area contributed by atoms with Crippen LogP contribution in [0.1, 0.15) is 37.1 Å². The number of carbonyl (C=O) groups is 1. The van der Waals surface area contributed by atoms with Crippen molar-refractivity contribution in [2.24, 2.45) is 0 Å². The fraction of sp³-hybridized carbons (Fsp3) is 0.385. The van der Waals surface area contributed by atoms with Gasteiger partial charge in [-0.3, -0.25) is 14.7 Å². The summed E-state index contributed by atoms with van der Waals surface area (Å²) in [5.74, 6) is -0.225. The number of nitrogens with zero attached hydrogens (tertiary/aromatic N) is 2. The zero-order valence-electron chi connectivity index (χ0n) is 19.0. The number of pyridine rings is 1. The Morgan fingerprint density at radius 2 is 2.00 bits per heavy atom. The van der Waals surface area contributed by atoms with Crippen LogP contribution in [-0.2, 0) is 20.7 Å². The van der Waals surface area contributed by atoms with Gasteiger partial charge in [0.1, 0.15) is 17.2 Å². The Morgan fingerprint density at radius 1 is 1.18 bits per heavy atom. The van der Waals surface area contributed by atoms with Gasteiger partial charge in [0, 0.05) is 47.4 Å². The van der Waals surface area contributed by atoms with E-state index < -0.39 is 11.4 Å². The first-order valence-corrected chi connectivity index (χ1v) is 11.4. The highest BCUT2D eigenvalue weighted by molar-refractivity contribution is 6.32. The maximum atomic E-state index is 13.8. The lowest BCUT2D eigenvalue weighted by molar-refractivity contribution is -0.111. The number of fused-ring (bicyclic) bond motifs is 1. The van der Waals surface area contributed by atoms with Crippen molar-refractivity contribution >= 4 is 22.7 Å². The number of morpholine rings is 1. The number of halogens is 1. The molecule has 0 aliphatic carbocycles. The van der Waals surface area contributed by atoms with Crippen molar-refractivity contribution in [3.05, 3.63) is 71.0 Å². The van der Waals surface area contributed by atoms with Crippen LogP contribution in [0.25, 0.3) is 11.1 Å². The van der Waals surface area contributed by atoms with E-state index in [9.17, 15) is 9.18 Å². The zero-order valence-corrected chi connectivity index (χ0v) is 19.0. The minimum atomic E-state index is -0.641. The van der Waals surface area contributed by atoms with E-state index in [2.05, 4.69) is 27.3 Å². The Bertz CT molecular complexity index is 1130. The van der Waals surface area contributed by atoms with E-state index in [0.29, 0.717) is 22.6 Å². The lowest BCUT2D eigenvalue weighted by atomic mass is 9.93. The Morgan fingerprint density at radius 3 is 2.76 bits per heavy atom. The molecule has 6 nitrogen and oxygen atoms in total. The van der Waals surface area contributed by atoms with Gasteiger partial charge in [-0.1, -0.05) is 6.07 Å². The fourth-order valence-electron chi connectivity index (χ4n) is 4.64. The monoisotopic (exact) mass is 449 g/mol. The topological polar surface area (TPSA) is 63.7 Å². The summed E-state index contributed by atoms with van der Waals surface area (Å²) in [6, 6.07) is 8.39. The first-order valence-electron chi connectivity index (χ1n) is 11.4. The number of rotatable bonds is 5. The third-order valence-corrected chi connectivity index (χ3v) is 6.41. The molecule has 0 atom stereocenters. The van der Waals surface area contributed by atoms with Crippen LogP contribution in [0.3, 0.4) is 0 Å². The molecule has 4 heterocycles. The molecule has 1 amide bonds. The van der Waals surface area contributed by atoms with E-state index in [1.165, 1.54) is 12.1 Å². The van der Waals surface area contributed by atoms with Gasteiger partial charge in [0.15, 0.2) is 0 Å². The van der Waals surface area contributed by atoms with Crippen molar-refractivity contribution < 1.29 is 18.7 Å². The lowest BCUT2D eigenvalue weighted by Crippen LogP contribution is -2.36. The summed E-state index contributed by atoms with van der Waals surface area (Å²) in [5.41, 5.74) is 3.79. The minimum Gasteiger partial charge on any atom is -0.482 e. The molecule has 0 radical (unpaired) electrons. The number of aryl methyl sites for hydroxylation is 1. The van der Waals surface area contributed by atoms with Gasteiger partial charge >= 0.3 is 0 Å². The molecular formula is C26H28FN3O3. The van der Waals surface area contributed by atoms with E-state index in [1.807, 2.05) is 26.1 Å². The highest BCUT2D eigenvalue weighted by Gasteiger charge is 2.38. The molecule has 1 saturated heterocycles. The Balaban J connectivity index is 1.35. The van der Waals surface area contributed by atoms with Crippen LogP contribution in [0.15, 0.2) is 48.4 Å². The van der Waals surface area contributed by atoms with Crippen LogP contribution in [0.5, 0.6) is 0 Å². The molecule has 172 valence electrons. The van der Waals surface area contributed by atoms with Gasteiger partial charge in [0.05, 0.1) is 18.8 Å². The molecule has 1 fully saturated rings. The molecule has 3 aliphatic heterocycles. The van der Waals surface area contributed by atoms with Crippen LogP contribution < -0.4 is 5.32 Å². The Kier molecular flexibility index (Phi) is 5.76. The third-order valence-electron chi connectivity index (χ3n) is 6.41. The van der Waals surface area contributed by atoms with E-state index in [0.717, 1.165) is 62.5 Å². The molecule has 0 bridgehead atoms. The SMILES string of the molecule is CC1(C)O/C(=C2/C(=O)Nc3ccc(F)cc32)C=C1c1ccc(CCCN2CCOCC2)nc1. The molecule has 5 rings (SSSR count). The number of allylic oxidation sites excluding steroid dienone is 1. The number of hydrogen-bond acceptors (Lipinski definition) is 5. The Hall–Kier alpha value is -3.03. The number of carbonyl (C=O) groups excluding carboxylic acids is 1. The number of anilines is 1. The number of ether oxygens (including phenoxy) is 2. The molecular weight excluding hydrogens is 421 g/mol. The second-order valence-corrected chi connectivity index (χ2v) is 9.15. The van der Waals surface area contributed by atoms with Gasteiger partial charge in [-0.2, -0.15) is 0 Å². The molecule has 1 N–H and O–H groups in total. The summed E-state index contributed by atoms with van der Waals surface area (Å²) < 4.78 is 25.4. The summed E-state index contributed by atoms with van der Waals surface area (Å²) in [7, 11) is 0. The zero-order chi connectivity index (χ0) is 23.0. The van der Waals surface area contributed by atoms with Gasteiger partial charge in [0.2, 0.25) is 0 Å². The second kappa shape index (κ2) is 8.72. The highest BCUT2D eigenvalue weighted by atomic mass is 19.1. The summed E-state index contributed by atoms with van der Waals surface area (Å²) >= 11 is 0. The normalized spacial score (nSPS) is 22.0. The average Bonchev–Trinajstić information content (AvgIpc) is 3.29. The van der Waals surface area contributed by atoms with Crippen LogP contribution in [0, 0.1) is 5.82 Å². The maximum Gasteiger partial charge on any atom is 0.260 e. The van der Waals surface area contributed by atoms with Crippen molar-refractivity contribution in [1.82, 2.24) is 9.88 Å². The van der Waals surface area contributed by atoms with E-state index in [1.54, 1.807) is 6.07 Å². The van der Waals surface area contributed by atoms with Crippen molar-refractivity contribution in [2.45, 2.75) is 32.3 Å². The number of aromatic nitrogens is 1. The molecule has 1 aromatic heterocycles. The smallest absolute Gasteiger partial charge is 0.260 e. The van der Waals surface area contributed by atoms with E-state index >= 15 is 0 Å². The van der Waals surface area contributed by atoms with E-state index in [4.69, 9.17) is 9.47 Å². The standard InChI is InChI=1S/C26H28FN3O3/c1-26(2)21(15-23(33-26)24-20-14-18(27)6-8-22(20)29-25(24)31)17-5-7-19(28-16-17)4-3-9-30-10-12-32-13-11-30/h5-8,14-16H,3-4,9-13H2,1-2H3,(H,29,31)/b24-23+. The summed E-state index contributed by atoms with van der Waals surface area (Å²) in [4.78, 5) is 19.7. The molecule has 0 spiro atoms. The lowest BCUT2D eigenvalue weighted by Gasteiger charge is -2.26. The van der Waals surface area contributed by atoms with Crippen LogP contribution >= 0.6 is 0 Å². The predicted octanol–water partition coefficient (Wildman–Crippen LogP) is 4.04. The first kappa shape index (κ1) is 21.8.